The van der Waals surface area contributed by atoms with Crippen LogP contribution in [0.4, 0.5) is 0 Å². The minimum absolute atomic E-state index is 0.229. The molecule has 3 aliphatic rings. The van der Waals surface area contributed by atoms with Crippen LogP contribution in [-0.4, -0.2) is 10.8 Å². The standard InChI is InChI=1S/C21H19NO/c23-21-19(13-4-2-1-3-5-13)17(14-8-10-22-11-9-14)18-15-6-7-16(12-15)20(18)21/h1-5,8-11,15-16,18,20H,6-7,12H2/t15-,16+,18-,20-/m0/s1. The van der Waals surface area contributed by atoms with E-state index in [-0.39, 0.29) is 5.92 Å². The molecule has 2 heteroatoms. The number of fused-ring (bicyclic) bond motifs is 5. The first kappa shape index (κ1) is 13.2. The van der Waals surface area contributed by atoms with E-state index in [1.807, 2.05) is 30.6 Å². The topological polar surface area (TPSA) is 30.0 Å². The van der Waals surface area contributed by atoms with E-state index in [1.54, 1.807) is 0 Å². The van der Waals surface area contributed by atoms with Crippen LogP contribution >= 0.6 is 0 Å². The molecule has 2 fully saturated rings. The summed E-state index contributed by atoms with van der Waals surface area (Å²) >= 11 is 0. The van der Waals surface area contributed by atoms with Gasteiger partial charge in [-0.3, -0.25) is 9.78 Å². The van der Waals surface area contributed by atoms with Crippen LogP contribution in [0.2, 0.25) is 0 Å². The molecule has 1 heterocycles. The summed E-state index contributed by atoms with van der Waals surface area (Å²) < 4.78 is 0. The smallest absolute Gasteiger partial charge is 0.167 e. The van der Waals surface area contributed by atoms with Crippen LogP contribution < -0.4 is 0 Å². The van der Waals surface area contributed by atoms with Crippen molar-refractivity contribution < 1.29 is 4.79 Å². The number of hydrogen-bond acceptors (Lipinski definition) is 2. The number of nitrogens with zero attached hydrogens (tertiary/aromatic N) is 1. The molecule has 2 saturated carbocycles. The summed E-state index contributed by atoms with van der Waals surface area (Å²) in [6, 6.07) is 14.4. The highest BCUT2D eigenvalue weighted by atomic mass is 16.1. The van der Waals surface area contributed by atoms with Gasteiger partial charge in [-0.05, 0) is 65.8 Å². The van der Waals surface area contributed by atoms with Crippen LogP contribution in [-0.2, 0) is 4.79 Å². The first-order valence-electron chi connectivity index (χ1n) is 8.59. The summed E-state index contributed by atoms with van der Waals surface area (Å²) in [5.74, 6) is 2.35. The molecule has 2 aromatic rings. The summed E-state index contributed by atoms with van der Waals surface area (Å²) in [6.07, 6.45) is 7.46. The Bertz CT molecular complexity index is 793. The zero-order valence-electron chi connectivity index (χ0n) is 13.0. The third-order valence-corrected chi connectivity index (χ3v) is 6.12. The minimum Gasteiger partial charge on any atom is -0.294 e. The van der Waals surface area contributed by atoms with Gasteiger partial charge in [0.2, 0.25) is 0 Å². The number of benzene rings is 1. The highest BCUT2D eigenvalue weighted by Crippen LogP contribution is 2.62. The summed E-state index contributed by atoms with van der Waals surface area (Å²) in [5.41, 5.74) is 4.54. The second-order valence-corrected chi connectivity index (χ2v) is 7.14. The predicted octanol–water partition coefficient (Wildman–Crippen LogP) is 4.24. The lowest BCUT2D eigenvalue weighted by molar-refractivity contribution is -0.118. The molecule has 1 aromatic heterocycles. The van der Waals surface area contributed by atoms with Crippen molar-refractivity contribution in [2.45, 2.75) is 19.3 Å². The molecule has 2 bridgehead atoms. The van der Waals surface area contributed by atoms with Crippen molar-refractivity contribution in [3.63, 3.8) is 0 Å². The van der Waals surface area contributed by atoms with E-state index in [1.165, 1.54) is 30.4 Å². The van der Waals surface area contributed by atoms with Gasteiger partial charge in [0.25, 0.3) is 0 Å². The number of aromatic nitrogens is 1. The molecule has 0 unspecified atom stereocenters. The number of hydrogen-bond donors (Lipinski definition) is 0. The number of Topliss-reactive ketones (excluding diaryl/α,β-unsaturated/α-hetero) is 1. The van der Waals surface area contributed by atoms with Gasteiger partial charge in [-0.2, -0.15) is 0 Å². The van der Waals surface area contributed by atoms with Crippen LogP contribution in [0.3, 0.4) is 0 Å². The molecule has 0 saturated heterocycles. The molecule has 0 aliphatic heterocycles. The fraction of sp³-hybridized carbons (Fsp3) is 0.333. The quantitative estimate of drug-likeness (QED) is 0.830. The monoisotopic (exact) mass is 301 g/mol. The average Bonchev–Trinajstić information content (AvgIpc) is 3.29. The van der Waals surface area contributed by atoms with Crippen molar-refractivity contribution in [3.05, 3.63) is 66.0 Å². The Hall–Kier alpha value is -2.22. The van der Waals surface area contributed by atoms with Gasteiger partial charge in [-0.1, -0.05) is 30.3 Å². The van der Waals surface area contributed by atoms with Gasteiger partial charge in [-0.25, -0.2) is 0 Å². The average molecular weight is 301 g/mol. The van der Waals surface area contributed by atoms with E-state index in [4.69, 9.17) is 0 Å². The van der Waals surface area contributed by atoms with Crippen LogP contribution in [0.25, 0.3) is 11.1 Å². The molecule has 0 spiro atoms. The predicted molar refractivity (Wildman–Crippen MR) is 90.3 cm³/mol. The Morgan fingerprint density at radius 1 is 0.826 bits per heavy atom. The lowest BCUT2D eigenvalue weighted by Gasteiger charge is -2.26. The summed E-state index contributed by atoms with van der Waals surface area (Å²) in [7, 11) is 0. The van der Waals surface area contributed by atoms with Crippen LogP contribution in [0, 0.1) is 23.7 Å². The fourth-order valence-corrected chi connectivity index (χ4v) is 5.32. The molecule has 3 aliphatic carbocycles. The third-order valence-electron chi connectivity index (χ3n) is 6.12. The molecule has 0 radical (unpaired) electrons. The van der Waals surface area contributed by atoms with Crippen LogP contribution in [0.5, 0.6) is 0 Å². The van der Waals surface area contributed by atoms with Gasteiger partial charge in [0.05, 0.1) is 0 Å². The zero-order valence-corrected chi connectivity index (χ0v) is 13.0. The molecule has 0 N–H and O–H groups in total. The Morgan fingerprint density at radius 3 is 2.26 bits per heavy atom. The van der Waals surface area contributed by atoms with Crippen LogP contribution in [0.1, 0.15) is 30.4 Å². The molecule has 1 aromatic carbocycles. The maximum atomic E-state index is 13.3. The second kappa shape index (κ2) is 4.89. The molecule has 0 amide bonds. The second-order valence-electron chi connectivity index (χ2n) is 7.14. The largest absolute Gasteiger partial charge is 0.294 e. The lowest BCUT2D eigenvalue weighted by atomic mass is 9.77. The molecule has 4 atom stereocenters. The fourth-order valence-electron chi connectivity index (χ4n) is 5.32. The lowest BCUT2D eigenvalue weighted by Crippen LogP contribution is -2.24. The third kappa shape index (κ3) is 1.81. The Kier molecular flexibility index (Phi) is 2.81. The number of carbonyl (C=O) groups excluding carboxylic acids is 1. The number of rotatable bonds is 2. The molecular formula is C21H19NO. The van der Waals surface area contributed by atoms with Crippen molar-refractivity contribution in [2.75, 3.05) is 0 Å². The maximum Gasteiger partial charge on any atom is 0.167 e. The van der Waals surface area contributed by atoms with E-state index in [0.717, 1.165) is 11.1 Å². The number of allylic oxidation sites excluding steroid dienone is 2. The summed E-state index contributed by atoms with van der Waals surface area (Å²) in [5, 5.41) is 0. The summed E-state index contributed by atoms with van der Waals surface area (Å²) in [4.78, 5) is 17.4. The van der Waals surface area contributed by atoms with Crippen molar-refractivity contribution in [3.8, 4) is 0 Å². The Balaban J connectivity index is 1.75. The summed E-state index contributed by atoms with van der Waals surface area (Å²) in [6.45, 7) is 0. The number of ketones is 1. The van der Waals surface area contributed by atoms with Crippen molar-refractivity contribution >= 4 is 16.9 Å². The molecule has 114 valence electrons. The zero-order chi connectivity index (χ0) is 15.4. The van der Waals surface area contributed by atoms with E-state index in [0.29, 0.717) is 23.5 Å². The van der Waals surface area contributed by atoms with E-state index in [9.17, 15) is 4.79 Å². The number of pyridine rings is 1. The van der Waals surface area contributed by atoms with Crippen molar-refractivity contribution in [2.24, 2.45) is 23.7 Å². The highest BCUT2D eigenvalue weighted by Gasteiger charge is 2.56. The van der Waals surface area contributed by atoms with E-state index < -0.39 is 0 Å². The molecular weight excluding hydrogens is 282 g/mol. The van der Waals surface area contributed by atoms with Gasteiger partial charge in [0, 0.05) is 23.9 Å². The maximum absolute atomic E-state index is 13.3. The van der Waals surface area contributed by atoms with Gasteiger partial charge in [0.1, 0.15) is 0 Å². The first-order chi connectivity index (χ1) is 11.3. The van der Waals surface area contributed by atoms with Gasteiger partial charge < -0.3 is 0 Å². The van der Waals surface area contributed by atoms with Gasteiger partial charge >= 0.3 is 0 Å². The molecule has 23 heavy (non-hydrogen) atoms. The molecule has 5 rings (SSSR count). The SMILES string of the molecule is O=C1C(c2ccccc2)=C(c2ccncc2)[C@@H]2[C@H]3CC[C@H](C3)[C@H]12. The van der Waals surface area contributed by atoms with E-state index >= 15 is 0 Å². The molecule has 2 nitrogen and oxygen atoms in total. The first-order valence-corrected chi connectivity index (χ1v) is 8.59. The Morgan fingerprint density at radius 2 is 1.52 bits per heavy atom. The minimum atomic E-state index is 0.229. The van der Waals surface area contributed by atoms with E-state index in [2.05, 4.69) is 29.2 Å². The Labute approximate surface area is 136 Å². The van der Waals surface area contributed by atoms with Crippen molar-refractivity contribution in [1.29, 1.82) is 0 Å². The normalized spacial score (nSPS) is 31.7. The van der Waals surface area contributed by atoms with Gasteiger partial charge in [0.15, 0.2) is 5.78 Å². The van der Waals surface area contributed by atoms with Gasteiger partial charge in [-0.15, -0.1) is 0 Å². The highest BCUT2D eigenvalue weighted by molar-refractivity contribution is 6.32. The van der Waals surface area contributed by atoms with Crippen molar-refractivity contribution in [1.82, 2.24) is 4.98 Å². The van der Waals surface area contributed by atoms with Crippen LogP contribution in [0.15, 0.2) is 54.9 Å². The number of carbonyl (C=O) groups is 1.